The minimum Gasteiger partial charge on any atom is -0.481 e. The van der Waals surface area contributed by atoms with E-state index in [4.69, 9.17) is 9.84 Å². The Bertz CT molecular complexity index is 923. The maximum atomic E-state index is 12.5. The highest BCUT2D eigenvalue weighted by molar-refractivity contribution is 5.83. The summed E-state index contributed by atoms with van der Waals surface area (Å²) in [5.74, 6) is -0.461. The van der Waals surface area contributed by atoms with Gasteiger partial charge < -0.3 is 9.84 Å². The summed E-state index contributed by atoms with van der Waals surface area (Å²) in [6.45, 7) is 5.89. The van der Waals surface area contributed by atoms with Gasteiger partial charge in [0.15, 0.2) is 0 Å². The number of carboxylic acid groups (broad SMARTS) is 1. The monoisotopic (exact) mass is 394 g/mol. The SMILES string of the molecule is C=CC1CN2CCC1CC2[C@@H](OC(=O)CCC(=O)O)c1ccnc2ccccc12. The molecule has 1 aromatic heterocycles. The number of esters is 1. The van der Waals surface area contributed by atoms with E-state index < -0.39 is 18.0 Å². The number of ether oxygens (including phenoxy) is 1. The lowest BCUT2D eigenvalue weighted by Gasteiger charge is -2.51. The van der Waals surface area contributed by atoms with Crippen LogP contribution in [0.1, 0.15) is 37.4 Å². The Labute approximate surface area is 170 Å². The van der Waals surface area contributed by atoms with Crippen LogP contribution in [-0.2, 0) is 14.3 Å². The van der Waals surface area contributed by atoms with E-state index in [2.05, 4.69) is 16.5 Å². The number of carbonyl (C=O) groups is 2. The van der Waals surface area contributed by atoms with E-state index in [1.54, 1.807) is 6.20 Å². The Morgan fingerprint density at radius 2 is 2.14 bits per heavy atom. The summed E-state index contributed by atoms with van der Waals surface area (Å²) in [6, 6.07) is 9.84. The van der Waals surface area contributed by atoms with Crippen LogP contribution in [0.5, 0.6) is 0 Å². The first-order chi connectivity index (χ1) is 14.1. The Kier molecular flexibility index (Phi) is 5.62. The van der Waals surface area contributed by atoms with Crippen LogP contribution in [0, 0.1) is 11.8 Å². The third-order valence-corrected chi connectivity index (χ3v) is 6.29. The normalized spacial score (nSPS) is 26.8. The molecular weight excluding hydrogens is 368 g/mol. The first-order valence-corrected chi connectivity index (χ1v) is 10.2. The highest BCUT2D eigenvalue weighted by atomic mass is 16.5. The van der Waals surface area contributed by atoms with Gasteiger partial charge in [0.1, 0.15) is 6.10 Å². The first-order valence-electron chi connectivity index (χ1n) is 10.2. The number of hydrogen-bond donors (Lipinski definition) is 1. The zero-order valence-electron chi connectivity index (χ0n) is 16.4. The number of aliphatic carboxylic acids is 1. The van der Waals surface area contributed by atoms with Crippen molar-refractivity contribution in [1.29, 1.82) is 0 Å². The first kappa shape index (κ1) is 19.6. The van der Waals surface area contributed by atoms with Gasteiger partial charge in [-0.2, -0.15) is 0 Å². The van der Waals surface area contributed by atoms with Crippen molar-refractivity contribution < 1.29 is 19.4 Å². The van der Waals surface area contributed by atoms with Crippen molar-refractivity contribution in [2.45, 2.75) is 37.8 Å². The molecule has 29 heavy (non-hydrogen) atoms. The molecular formula is C23H26N2O4. The molecule has 6 heteroatoms. The van der Waals surface area contributed by atoms with Crippen LogP contribution in [-0.4, -0.2) is 46.1 Å². The molecule has 6 nitrogen and oxygen atoms in total. The van der Waals surface area contributed by atoms with Gasteiger partial charge in [0.2, 0.25) is 0 Å². The number of aromatic nitrogens is 1. The van der Waals surface area contributed by atoms with Gasteiger partial charge in [0.05, 0.1) is 24.4 Å². The van der Waals surface area contributed by atoms with Crippen LogP contribution in [0.15, 0.2) is 49.2 Å². The number of piperidine rings is 3. The predicted octanol–water partition coefficient (Wildman–Crippen LogP) is 3.58. The van der Waals surface area contributed by atoms with Crippen LogP contribution >= 0.6 is 0 Å². The number of carboxylic acids is 1. The molecule has 3 aliphatic rings. The lowest BCUT2D eigenvalue weighted by Crippen LogP contribution is -2.55. The summed E-state index contributed by atoms with van der Waals surface area (Å²) >= 11 is 0. The largest absolute Gasteiger partial charge is 0.481 e. The zero-order chi connectivity index (χ0) is 20.4. The van der Waals surface area contributed by atoms with E-state index in [1.807, 2.05) is 36.4 Å². The minimum absolute atomic E-state index is 0.0736. The van der Waals surface area contributed by atoms with E-state index in [1.165, 1.54) is 0 Å². The molecule has 4 unspecified atom stereocenters. The fourth-order valence-corrected chi connectivity index (χ4v) is 4.82. The van der Waals surface area contributed by atoms with Crippen molar-refractivity contribution in [2.24, 2.45) is 11.8 Å². The van der Waals surface area contributed by atoms with Crippen LogP contribution < -0.4 is 0 Å². The second-order valence-electron chi connectivity index (χ2n) is 7.97. The standard InChI is InChI=1S/C23H26N2O4/c1-2-15-14-25-12-10-16(15)13-20(25)23(29-22(28)8-7-21(26)27)18-9-11-24-19-6-4-3-5-17(18)19/h2-6,9,11,15-16,20,23H,1,7-8,10,12-14H2,(H,26,27)/t15?,16?,20?,23-/m0/s1. The van der Waals surface area contributed by atoms with Crippen LogP contribution in [0.3, 0.4) is 0 Å². The molecule has 5 atom stereocenters. The summed E-state index contributed by atoms with van der Waals surface area (Å²) in [7, 11) is 0. The van der Waals surface area contributed by atoms with Gasteiger partial charge in [0.25, 0.3) is 0 Å². The summed E-state index contributed by atoms with van der Waals surface area (Å²) in [5, 5.41) is 9.88. The summed E-state index contributed by atoms with van der Waals surface area (Å²) < 4.78 is 5.96. The van der Waals surface area contributed by atoms with Crippen molar-refractivity contribution in [3.63, 3.8) is 0 Å². The third-order valence-electron chi connectivity index (χ3n) is 6.29. The van der Waals surface area contributed by atoms with Crippen molar-refractivity contribution in [3.05, 3.63) is 54.7 Å². The number of benzene rings is 1. The molecule has 4 heterocycles. The number of rotatable bonds is 7. The van der Waals surface area contributed by atoms with E-state index in [9.17, 15) is 9.59 Å². The molecule has 0 aliphatic carbocycles. The molecule has 3 fully saturated rings. The Hall–Kier alpha value is -2.73. The third kappa shape index (κ3) is 4.03. The molecule has 3 aliphatic heterocycles. The van der Waals surface area contributed by atoms with Gasteiger partial charge in [-0.3, -0.25) is 19.5 Å². The summed E-state index contributed by atoms with van der Waals surface area (Å²) in [5.41, 5.74) is 1.79. The number of pyridine rings is 1. The molecule has 3 saturated heterocycles. The maximum absolute atomic E-state index is 12.5. The lowest BCUT2D eigenvalue weighted by molar-refractivity contribution is -0.159. The number of nitrogens with zero attached hydrogens (tertiary/aromatic N) is 2. The maximum Gasteiger partial charge on any atom is 0.307 e. The van der Waals surface area contributed by atoms with Gasteiger partial charge in [-0.1, -0.05) is 24.3 Å². The van der Waals surface area contributed by atoms with Gasteiger partial charge in [-0.25, -0.2) is 0 Å². The Morgan fingerprint density at radius 3 is 2.86 bits per heavy atom. The van der Waals surface area contributed by atoms with Crippen molar-refractivity contribution in [1.82, 2.24) is 9.88 Å². The van der Waals surface area contributed by atoms with Gasteiger partial charge in [-0.05, 0) is 43.4 Å². The predicted molar refractivity (Wildman–Crippen MR) is 109 cm³/mol. The molecule has 5 rings (SSSR count). The topological polar surface area (TPSA) is 79.7 Å². The average Bonchev–Trinajstić information content (AvgIpc) is 2.76. The molecule has 1 aromatic carbocycles. The van der Waals surface area contributed by atoms with Gasteiger partial charge in [0, 0.05) is 23.7 Å². The number of hydrogen-bond acceptors (Lipinski definition) is 5. The average molecular weight is 394 g/mol. The molecule has 0 amide bonds. The molecule has 1 N–H and O–H groups in total. The van der Waals surface area contributed by atoms with E-state index >= 15 is 0 Å². The second-order valence-corrected chi connectivity index (χ2v) is 7.97. The van der Waals surface area contributed by atoms with Gasteiger partial charge >= 0.3 is 11.9 Å². The van der Waals surface area contributed by atoms with E-state index in [-0.39, 0.29) is 18.9 Å². The quantitative estimate of drug-likeness (QED) is 0.571. The molecule has 2 bridgehead atoms. The van der Waals surface area contributed by atoms with Crippen LogP contribution in [0.4, 0.5) is 0 Å². The summed E-state index contributed by atoms with van der Waals surface area (Å²) in [6.07, 6.45) is 5.06. The second kappa shape index (κ2) is 8.33. The zero-order valence-corrected chi connectivity index (χ0v) is 16.4. The van der Waals surface area contributed by atoms with Crippen molar-refractivity contribution >= 4 is 22.8 Å². The van der Waals surface area contributed by atoms with Crippen LogP contribution in [0.2, 0.25) is 0 Å². The van der Waals surface area contributed by atoms with Gasteiger partial charge in [-0.15, -0.1) is 6.58 Å². The molecule has 0 radical (unpaired) electrons. The molecule has 0 saturated carbocycles. The molecule has 152 valence electrons. The number of para-hydroxylation sites is 1. The fourth-order valence-electron chi connectivity index (χ4n) is 4.82. The lowest BCUT2D eigenvalue weighted by atomic mass is 9.73. The van der Waals surface area contributed by atoms with E-state index in [0.717, 1.165) is 42.4 Å². The Balaban J connectivity index is 1.67. The van der Waals surface area contributed by atoms with E-state index in [0.29, 0.717) is 11.8 Å². The smallest absolute Gasteiger partial charge is 0.307 e. The number of carbonyl (C=O) groups excluding carboxylic acids is 1. The number of fused-ring (bicyclic) bond motifs is 4. The highest BCUT2D eigenvalue weighted by Crippen LogP contribution is 2.43. The molecule has 0 spiro atoms. The highest BCUT2D eigenvalue weighted by Gasteiger charge is 2.44. The van der Waals surface area contributed by atoms with Crippen LogP contribution in [0.25, 0.3) is 10.9 Å². The summed E-state index contributed by atoms with van der Waals surface area (Å²) in [4.78, 5) is 30.2. The molecule has 2 aromatic rings. The van der Waals surface area contributed by atoms with Crippen molar-refractivity contribution in [3.8, 4) is 0 Å². The fraction of sp³-hybridized carbons (Fsp3) is 0.435. The van der Waals surface area contributed by atoms with Crippen molar-refractivity contribution in [2.75, 3.05) is 13.1 Å². The Morgan fingerprint density at radius 1 is 1.31 bits per heavy atom. The minimum atomic E-state index is -0.998.